The molecule has 0 bridgehead atoms. The normalized spacial score (nSPS) is 21.1. The van der Waals surface area contributed by atoms with Gasteiger partial charge < -0.3 is 11.5 Å². The molecule has 0 saturated carbocycles. The summed E-state index contributed by atoms with van der Waals surface area (Å²) in [7, 11) is 0. The van der Waals surface area contributed by atoms with Crippen molar-refractivity contribution in [2.24, 2.45) is 5.73 Å². The number of hydrogen-bond donors (Lipinski definition) is 2. The second kappa shape index (κ2) is 4.53. The molecule has 2 nitrogen and oxygen atoms in total. The summed E-state index contributed by atoms with van der Waals surface area (Å²) in [5, 5.41) is 0. The molecule has 96 valence electrons. The fourth-order valence-electron chi connectivity index (χ4n) is 1.67. The minimum absolute atomic E-state index is 0.204. The Hall–Kier alpha value is -0.540. The summed E-state index contributed by atoms with van der Waals surface area (Å²) in [6.07, 6.45) is 2.97. The van der Waals surface area contributed by atoms with Crippen LogP contribution in [0.3, 0.4) is 0 Å². The van der Waals surface area contributed by atoms with Gasteiger partial charge in [0.2, 0.25) is 0 Å². The van der Waals surface area contributed by atoms with Gasteiger partial charge in [0.05, 0.1) is 0 Å². The summed E-state index contributed by atoms with van der Waals surface area (Å²) < 4.78 is -2.59. The molecule has 2 rings (SSSR count). The van der Waals surface area contributed by atoms with Gasteiger partial charge in [-0.05, 0) is 35.4 Å². The Morgan fingerprint density at radius 2 is 1.33 bits per heavy atom. The Morgan fingerprint density at radius 3 is 1.89 bits per heavy atom. The van der Waals surface area contributed by atoms with Gasteiger partial charge in [-0.3, -0.25) is 0 Å². The second-order valence-electron chi connectivity index (χ2n) is 4.03. The average molecular weight is 324 g/mol. The van der Waals surface area contributed by atoms with Crippen molar-refractivity contribution in [3.05, 3.63) is 47.7 Å². The lowest BCUT2D eigenvalue weighted by Crippen LogP contribution is -2.30. The Labute approximate surface area is 125 Å². The molecule has 1 aromatic carbocycles. The topological polar surface area (TPSA) is 52.0 Å². The van der Waals surface area contributed by atoms with Gasteiger partial charge in [-0.2, -0.15) is 0 Å². The van der Waals surface area contributed by atoms with Gasteiger partial charge in [0.1, 0.15) is 0 Å². The molecule has 6 heteroatoms. The predicted octanol–water partition coefficient (Wildman–Crippen LogP) is 3.86. The van der Waals surface area contributed by atoms with Gasteiger partial charge in [0.15, 0.2) is 8.67 Å². The second-order valence-corrected chi connectivity index (χ2v) is 6.80. The van der Waals surface area contributed by atoms with Crippen LogP contribution >= 0.6 is 46.4 Å². The van der Waals surface area contributed by atoms with Crippen LogP contribution in [0.25, 0.3) is 5.57 Å². The van der Waals surface area contributed by atoms with E-state index in [0.29, 0.717) is 11.3 Å². The van der Waals surface area contributed by atoms with Crippen LogP contribution in [0.4, 0.5) is 5.69 Å². The number of benzene rings is 1. The molecule has 0 amide bonds. The van der Waals surface area contributed by atoms with Gasteiger partial charge in [0.25, 0.3) is 0 Å². The van der Waals surface area contributed by atoms with Gasteiger partial charge in [0, 0.05) is 11.4 Å². The van der Waals surface area contributed by atoms with Gasteiger partial charge in [-0.25, -0.2) is 0 Å². The lowest BCUT2D eigenvalue weighted by atomic mass is 9.95. The molecule has 0 radical (unpaired) electrons. The molecule has 1 aliphatic rings. The zero-order chi connectivity index (χ0) is 13.6. The third kappa shape index (κ3) is 2.57. The van der Waals surface area contributed by atoms with Crippen LogP contribution < -0.4 is 11.5 Å². The van der Waals surface area contributed by atoms with E-state index in [1.54, 1.807) is 24.3 Å². The number of rotatable bonds is 1. The van der Waals surface area contributed by atoms with Crippen LogP contribution in [0, 0.1) is 0 Å². The highest BCUT2D eigenvalue weighted by Gasteiger charge is 2.39. The highest BCUT2D eigenvalue weighted by Crippen LogP contribution is 2.47. The summed E-state index contributed by atoms with van der Waals surface area (Å²) in [6.45, 7) is 0. The van der Waals surface area contributed by atoms with Crippen molar-refractivity contribution < 1.29 is 0 Å². The standard InChI is InChI=1S/C12H10Cl4N2/c13-11(14)6-10(18)12(15,16)5-9(11)7-1-3-8(17)4-2-7/h1-6H,17-18H2. The number of allylic oxidation sites excluding steroid dienone is 3. The van der Waals surface area contributed by atoms with Crippen LogP contribution in [0.2, 0.25) is 0 Å². The van der Waals surface area contributed by atoms with Crippen molar-refractivity contribution in [3.63, 3.8) is 0 Å². The monoisotopic (exact) mass is 322 g/mol. The molecule has 1 aromatic rings. The highest BCUT2D eigenvalue weighted by atomic mass is 35.5. The van der Waals surface area contributed by atoms with E-state index in [1.807, 2.05) is 0 Å². The maximum atomic E-state index is 6.23. The van der Waals surface area contributed by atoms with Gasteiger partial charge >= 0.3 is 0 Å². The minimum Gasteiger partial charge on any atom is -0.399 e. The SMILES string of the molecule is NC1=CC(Cl)(Cl)C(c2ccc(N)cc2)=CC1(Cl)Cl. The molecule has 0 saturated heterocycles. The third-order valence-corrected chi connectivity index (χ3v) is 3.91. The maximum absolute atomic E-state index is 6.23. The van der Waals surface area contributed by atoms with Crippen molar-refractivity contribution in [2.45, 2.75) is 8.67 Å². The van der Waals surface area contributed by atoms with Crippen LogP contribution in [0.5, 0.6) is 0 Å². The largest absolute Gasteiger partial charge is 0.399 e. The van der Waals surface area contributed by atoms with E-state index in [0.717, 1.165) is 5.56 Å². The molecular formula is C12H10Cl4N2. The average Bonchev–Trinajstić information content (AvgIpc) is 2.25. The van der Waals surface area contributed by atoms with Crippen molar-refractivity contribution in [2.75, 3.05) is 5.73 Å². The number of nitrogens with two attached hydrogens (primary N) is 2. The summed E-state index contributed by atoms with van der Waals surface area (Å²) in [5.41, 5.74) is 13.5. The number of anilines is 1. The zero-order valence-corrected chi connectivity index (χ0v) is 12.2. The molecule has 0 aliphatic heterocycles. The molecule has 1 aliphatic carbocycles. The van der Waals surface area contributed by atoms with Crippen LogP contribution in [-0.4, -0.2) is 8.67 Å². The smallest absolute Gasteiger partial charge is 0.175 e. The highest BCUT2D eigenvalue weighted by molar-refractivity contribution is 6.58. The number of nitrogen functional groups attached to an aromatic ring is 1. The summed E-state index contributed by atoms with van der Waals surface area (Å²) in [5.74, 6) is 0. The van der Waals surface area contributed by atoms with E-state index < -0.39 is 8.67 Å². The summed E-state index contributed by atoms with van der Waals surface area (Å²) in [6, 6.07) is 7.07. The molecule has 0 atom stereocenters. The quantitative estimate of drug-likeness (QED) is 0.609. The first kappa shape index (κ1) is 13.9. The summed E-state index contributed by atoms with van der Waals surface area (Å²) in [4.78, 5) is 0. The number of alkyl halides is 4. The third-order valence-electron chi connectivity index (χ3n) is 2.63. The Balaban J connectivity index is 2.52. The first-order valence-electron chi connectivity index (χ1n) is 5.06. The van der Waals surface area contributed by atoms with Crippen LogP contribution in [-0.2, 0) is 0 Å². The predicted molar refractivity (Wildman–Crippen MR) is 80.0 cm³/mol. The first-order valence-corrected chi connectivity index (χ1v) is 6.57. The Morgan fingerprint density at radius 1 is 0.778 bits per heavy atom. The zero-order valence-electron chi connectivity index (χ0n) is 9.13. The van der Waals surface area contributed by atoms with Crippen molar-refractivity contribution in [3.8, 4) is 0 Å². The molecular weight excluding hydrogens is 314 g/mol. The first-order chi connectivity index (χ1) is 8.22. The van der Waals surface area contributed by atoms with E-state index in [2.05, 4.69) is 0 Å². The molecule has 18 heavy (non-hydrogen) atoms. The van der Waals surface area contributed by atoms with Crippen LogP contribution in [0.1, 0.15) is 5.56 Å². The molecule has 0 unspecified atom stereocenters. The van der Waals surface area contributed by atoms with E-state index in [9.17, 15) is 0 Å². The fourth-order valence-corrected chi connectivity index (χ4v) is 2.56. The van der Waals surface area contributed by atoms with E-state index in [4.69, 9.17) is 57.9 Å². The van der Waals surface area contributed by atoms with Gasteiger partial charge in [-0.1, -0.05) is 58.5 Å². The van der Waals surface area contributed by atoms with Crippen molar-refractivity contribution in [1.82, 2.24) is 0 Å². The van der Waals surface area contributed by atoms with E-state index in [-0.39, 0.29) is 5.70 Å². The molecule has 0 heterocycles. The fraction of sp³-hybridized carbons (Fsp3) is 0.167. The molecule has 4 N–H and O–H groups in total. The minimum atomic E-state index is -1.32. The Kier molecular flexibility index (Phi) is 3.50. The Bertz CT molecular complexity index is 530. The summed E-state index contributed by atoms with van der Waals surface area (Å²) >= 11 is 24.6. The number of halogens is 4. The van der Waals surface area contributed by atoms with E-state index >= 15 is 0 Å². The number of hydrogen-bond acceptors (Lipinski definition) is 2. The van der Waals surface area contributed by atoms with Crippen molar-refractivity contribution >= 4 is 57.7 Å². The lowest BCUT2D eigenvalue weighted by Gasteiger charge is -2.30. The van der Waals surface area contributed by atoms with Gasteiger partial charge in [-0.15, -0.1) is 0 Å². The molecule has 0 aromatic heterocycles. The maximum Gasteiger partial charge on any atom is 0.175 e. The van der Waals surface area contributed by atoms with E-state index in [1.165, 1.54) is 12.2 Å². The molecule has 0 spiro atoms. The van der Waals surface area contributed by atoms with Crippen LogP contribution in [0.15, 0.2) is 42.1 Å². The lowest BCUT2D eigenvalue weighted by molar-refractivity contribution is 1.02. The molecule has 0 fully saturated rings. The van der Waals surface area contributed by atoms with Crippen molar-refractivity contribution in [1.29, 1.82) is 0 Å².